The Balaban J connectivity index is 1.58. The summed E-state index contributed by atoms with van der Waals surface area (Å²) in [6.45, 7) is 0.441. The first-order chi connectivity index (χ1) is 11.5. The average molecular weight is 334 g/mol. The maximum Gasteiger partial charge on any atom is 0.307 e. The highest BCUT2D eigenvalue weighted by atomic mass is 16.6. The van der Waals surface area contributed by atoms with E-state index in [1.165, 1.54) is 21.8 Å². The lowest BCUT2D eigenvalue weighted by Crippen LogP contribution is -2.02. The third-order valence-corrected chi connectivity index (χ3v) is 3.02. The number of rotatable bonds is 7. The second-order valence-corrected chi connectivity index (χ2v) is 4.71. The van der Waals surface area contributed by atoms with E-state index in [0.29, 0.717) is 18.9 Å². The smallest absolute Gasteiger partial charge is 0.307 e. The number of nitro groups is 2. The zero-order chi connectivity index (χ0) is 17.1. The van der Waals surface area contributed by atoms with Gasteiger partial charge in [-0.05, 0) is 0 Å². The number of hydrogen-bond acceptors (Lipinski definition) is 9. The zero-order valence-corrected chi connectivity index (χ0v) is 12.0. The Kier molecular flexibility index (Phi) is 3.96. The van der Waals surface area contributed by atoms with Crippen LogP contribution < -0.4 is 0 Å². The van der Waals surface area contributed by atoms with Crippen LogP contribution in [-0.2, 0) is 19.5 Å². The molecule has 0 aliphatic rings. The highest BCUT2D eigenvalue weighted by Crippen LogP contribution is 2.11. The van der Waals surface area contributed by atoms with Gasteiger partial charge in [0.1, 0.15) is 31.3 Å². The summed E-state index contributed by atoms with van der Waals surface area (Å²) in [7, 11) is 0. The van der Waals surface area contributed by atoms with Crippen LogP contribution in [0, 0.1) is 20.2 Å². The molecule has 3 rings (SSSR count). The fourth-order valence-corrected chi connectivity index (χ4v) is 1.90. The van der Waals surface area contributed by atoms with Crippen molar-refractivity contribution in [2.45, 2.75) is 19.5 Å². The lowest BCUT2D eigenvalue weighted by molar-refractivity contribution is -0.385. The Labute approximate surface area is 132 Å². The van der Waals surface area contributed by atoms with Gasteiger partial charge in [0.2, 0.25) is 11.8 Å². The van der Waals surface area contributed by atoms with Crippen LogP contribution in [0.25, 0.3) is 0 Å². The second-order valence-electron chi connectivity index (χ2n) is 4.71. The van der Waals surface area contributed by atoms with E-state index in [1.807, 2.05) is 0 Å². The van der Waals surface area contributed by atoms with Crippen molar-refractivity contribution in [3.8, 4) is 0 Å². The van der Waals surface area contributed by atoms with E-state index in [-0.39, 0.29) is 23.8 Å². The molecule has 0 aliphatic carbocycles. The van der Waals surface area contributed by atoms with Gasteiger partial charge in [0.15, 0.2) is 0 Å². The van der Waals surface area contributed by atoms with Crippen molar-refractivity contribution >= 4 is 11.4 Å². The zero-order valence-electron chi connectivity index (χ0n) is 12.0. The molecule has 124 valence electrons. The van der Waals surface area contributed by atoms with Crippen molar-refractivity contribution in [3.05, 3.63) is 56.8 Å². The summed E-state index contributed by atoms with van der Waals surface area (Å²) >= 11 is 0. The van der Waals surface area contributed by atoms with Crippen molar-refractivity contribution in [1.82, 2.24) is 29.8 Å². The SMILES string of the molecule is O=[N+]([O-])c1cnn(CCc2nnc(Cn3cc([N+](=O)[O-])cn3)o2)c1. The predicted molar refractivity (Wildman–Crippen MR) is 74.9 cm³/mol. The van der Waals surface area contributed by atoms with E-state index >= 15 is 0 Å². The molecule has 0 saturated carbocycles. The minimum atomic E-state index is -0.550. The largest absolute Gasteiger partial charge is 0.423 e. The Hall–Kier alpha value is -3.64. The van der Waals surface area contributed by atoms with Crippen LogP contribution in [0.15, 0.2) is 29.2 Å². The molecule has 0 aromatic carbocycles. The van der Waals surface area contributed by atoms with Crippen LogP contribution in [0.1, 0.15) is 11.8 Å². The van der Waals surface area contributed by atoms with E-state index in [0.717, 1.165) is 12.4 Å². The molecular formula is C11H10N8O5. The topological polar surface area (TPSA) is 161 Å². The molecule has 0 atom stereocenters. The Morgan fingerprint density at radius 1 is 0.958 bits per heavy atom. The number of nitrogens with zero attached hydrogens (tertiary/aromatic N) is 8. The molecule has 13 heteroatoms. The quantitative estimate of drug-likeness (QED) is 0.444. The van der Waals surface area contributed by atoms with Gasteiger partial charge in [-0.3, -0.25) is 29.6 Å². The van der Waals surface area contributed by atoms with E-state index in [2.05, 4.69) is 20.4 Å². The summed E-state index contributed by atoms with van der Waals surface area (Å²) < 4.78 is 8.12. The molecule has 3 aromatic rings. The molecule has 0 saturated heterocycles. The standard InChI is InChI=1S/C11H10N8O5/c20-18(21)8-3-12-16(5-8)2-1-10-14-15-11(24-10)7-17-6-9(4-13-17)19(22)23/h3-6H,1-2,7H2. The van der Waals surface area contributed by atoms with Crippen molar-refractivity contribution in [3.63, 3.8) is 0 Å². The number of hydrogen-bond donors (Lipinski definition) is 0. The fraction of sp³-hybridized carbons (Fsp3) is 0.273. The molecule has 13 nitrogen and oxygen atoms in total. The lowest BCUT2D eigenvalue weighted by atomic mass is 10.4. The molecule has 0 N–H and O–H groups in total. The maximum absolute atomic E-state index is 10.6. The second kappa shape index (κ2) is 6.23. The highest BCUT2D eigenvalue weighted by molar-refractivity contribution is 5.21. The molecule has 0 amide bonds. The third kappa shape index (κ3) is 3.40. The normalized spacial score (nSPS) is 10.8. The van der Waals surface area contributed by atoms with Crippen molar-refractivity contribution in [2.24, 2.45) is 0 Å². The molecule has 0 fully saturated rings. The minimum absolute atomic E-state index is 0.0958. The van der Waals surface area contributed by atoms with Crippen LogP contribution in [-0.4, -0.2) is 39.6 Å². The minimum Gasteiger partial charge on any atom is -0.423 e. The van der Waals surface area contributed by atoms with Gasteiger partial charge in [-0.15, -0.1) is 10.2 Å². The third-order valence-electron chi connectivity index (χ3n) is 3.02. The van der Waals surface area contributed by atoms with Gasteiger partial charge >= 0.3 is 11.4 Å². The fourth-order valence-electron chi connectivity index (χ4n) is 1.90. The van der Waals surface area contributed by atoms with E-state index < -0.39 is 9.85 Å². The van der Waals surface area contributed by atoms with Gasteiger partial charge in [-0.2, -0.15) is 10.2 Å². The molecule has 0 spiro atoms. The average Bonchev–Trinajstić information content (AvgIpc) is 3.26. The summed E-state index contributed by atoms with van der Waals surface area (Å²) in [5, 5.41) is 36.5. The molecule has 0 aliphatic heterocycles. The molecule has 24 heavy (non-hydrogen) atoms. The number of aromatic nitrogens is 6. The first-order valence-corrected chi connectivity index (χ1v) is 6.66. The summed E-state index contributed by atoms with van der Waals surface area (Å²) in [5.74, 6) is 0.569. The Morgan fingerprint density at radius 3 is 2.17 bits per heavy atom. The molecule has 0 bridgehead atoms. The van der Waals surface area contributed by atoms with E-state index in [4.69, 9.17) is 4.42 Å². The van der Waals surface area contributed by atoms with Crippen LogP contribution in [0.5, 0.6) is 0 Å². The van der Waals surface area contributed by atoms with Crippen molar-refractivity contribution < 1.29 is 14.3 Å². The van der Waals surface area contributed by atoms with Crippen molar-refractivity contribution in [1.29, 1.82) is 0 Å². The predicted octanol–water partition coefficient (Wildman–Crippen LogP) is 0.570. The molecule has 0 radical (unpaired) electrons. The Bertz CT molecular complexity index is 881. The van der Waals surface area contributed by atoms with Crippen LogP contribution >= 0.6 is 0 Å². The van der Waals surface area contributed by atoms with Gasteiger partial charge < -0.3 is 4.42 Å². The number of aryl methyl sites for hydroxylation is 2. The molecular weight excluding hydrogens is 324 g/mol. The van der Waals surface area contributed by atoms with Gasteiger partial charge in [-0.25, -0.2) is 0 Å². The maximum atomic E-state index is 10.6. The van der Waals surface area contributed by atoms with Crippen molar-refractivity contribution in [2.75, 3.05) is 0 Å². The van der Waals surface area contributed by atoms with Gasteiger partial charge in [0.05, 0.1) is 9.85 Å². The summed E-state index contributed by atoms with van der Waals surface area (Å²) in [5.41, 5.74) is -0.225. The highest BCUT2D eigenvalue weighted by Gasteiger charge is 2.13. The van der Waals surface area contributed by atoms with E-state index in [9.17, 15) is 20.2 Å². The monoisotopic (exact) mass is 334 g/mol. The first-order valence-electron chi connectivity index (χ1n) is 6.66. The summed E-state index contributed by atoms with van der Waals surface area (Å²) in [6, 6.07) is 0. The van der Waals surface area contributed by atoms with Gasteiger partial charge in [-0.1, -0.05) is 0 Å². The van der Waals surface area contributed by atoms with Gasteiger partial charge in [0, 0.05) is 13.0 Å². The van der Waals surface area contributed by atoms with Gasteiger partial charge in [0.25, 0.3) is 0 Å². The van der Waals surface area contributed by atoms with Crippen LogP contribution in [0.2, 0.25) is 0 Å². The lowest BCUT2D eigenvalue weighted by Gasteiger charge is -1.96. The molecule has 3 aromatic heterocycles. The summed E-state index contributed by atoms with van der Waals surface area (Å²) in [6.07, 6.45) is 5.18. The molecule has 3 heterocycles. The molecule has 0 unspecified atom stereocenters. The van der Waals surface area contributed by atoms with Crippen LogP contribution in [0.4, 0.5) is 11.4 Å². The Morgan fingerprint density at radius 2 is 1.54 bits per heavy atom. The summed E-state index contributed by atoms with van der Waals surface area (Å²) in [4.78, 5) is 20.1. The van der Waals surface area contributed by atoms with E-state index in [1.54, 1.807) is 0 Å². The van der Waals surface area contributed by atoms with Crippen LogP contribution in [0.3, 0.4) is 0 Å². The first kappa shape index (κ1) is 15.3.